The normalized spacial score (nSPS) is 16.6. The second-order valence-electron chi connectivity index (χ2n) is 4.85. The maximum Gasteiger partial charge on any atom is 0.106 e. The number of anilines is 1. The standard InChI is InChI=1S/C14H20ClN3S/c1-2-5-17-6-8-18(9-7-17)13-10-11(15)3-4-12(13)14(16)19/h3-4,10H,2,5-9H2,1H3,(H2,16,19). The molecule has 2 rings (SSSR count). The first kappa shape index (κ1) is 14.6. The lowest BCUT2D eigenvalue weighted by Crippen LogP contribution is -2.47. The average molecular weight is 298 g/mol. The molecule has 0 aliphatic carbocycles. The summed E-state index contributed by atoms with van der Waals surface area (Å²) in [4.78, 5) is 5.25. The summed E-state index contributed by atoms with van der Waals surface area (Å²) in [5.74, 6) is 0. The Balaban J connectivity index is 2.14. The van der Waals surface area contributed by atoms with Gasteiger partial charge in [-0.05, 0) is 31.2 Å². The number of piperazine rings is 1. The molecule has 1 fully saturated rings. The highest BCUT2D eigenvalue weighted by molar-refractivity contribution is 7.80. The molecule has 5 heteroatoms. The van der Waals surface area contributed by atoms with Crippen LogP contribution in [0.1, 0.15) is 18.9 Å². The molecule has 3 nitrogen and oxygen atoms in total. The summed E-state index contributed by atoms with van der Waals surface area (Å²) in [6, 6.07) is 5.72. The van der Waals surface area contributed by atoms with E-state index in [2.05, 4.69) is 16.7 Å². The van der Waals surface area contributed by atoms with Crippen LogP contribution in [0.2, 0.25) is 5.02 Å². The van der Waals surface area contributed by atoms with E-state index < -0.39 is 0 Å². The van der Waals surface area contributed by atoms with Crippen molar-refractivity contribution >= 4 is 34.5 Å². The van der Waals surface area contributed by atoms with E-state index in [-0.39, 0.29) is 0 Å². The van der Waals surface area contributed by atoms with Crippen molar-refractivity contribution in [2.75, 3.05) is 37.6 Å². The Labute approximate surface area is 125 Å². The van der Waals surface area contributed by atoms with Crippen LogP contribution in [0.3, 0.4) is 0 Å². The molecule has 0 bridgehead atoms. The Morgan fingerprint density at radius 1 is 1.32 bits per heavy atom. The van der Waals surface area contributed by atoms with Crippen molar-refractivity contribution in [2.45, 2.75) is 13.3 Å². The molecule has 0 radical (unpaired) electrons. The Morgan fingerprint density at radius 2 is 2.00 bits per heavy atom. The summed E-state index contributed by atoms with van der Waals surface area (Å²) in [5, 5.41) is 0.728. The summed E-state index contributed by atoms with van der Waals surface area (Å²) >= 11 is 11.2. The van der Waals surface area contributed by atoms with Crippen molar-refractivity contribution < 1.29 is 0 Å². The topological polar surface area (TPSA) is 32.5 Å². The van der Waals surface area contributed by atoms with Crippen molar-refractivity contribution in [3.05, 3.63) is 28.8 Å². The molecule has 1 aliphatic heterocycles. The second kappa shape index (κ2) is 6.55. The number of halogens is 1. The Hall–Kier alpha value is -0.840. The van der Waals surface area contributed by atoms with Crippen LogP contribution in [0.25, 0.3) is 0 Å². The van der Waals surface area contributed by atoms with E-state index in [0.717, 1.165) is 42.5 Å². The number of nitrogens with two attached hydrogens (primary N) is 1. The van der Waals surface area contributed by atoms with E-state index >= 15 is 0 Å². The number of hydrogen-bond acceptors (Lipinski definition) is 3. The third kappa shape index (κ3) is 3.59. The van der Waals surface area contributed by atoms with Crippen LogP contribution in [0.5, 0.6) is 0 Å². The molecule has 1 aliphatic rings. The van der Waals surface area contributed by atoms with Crippen LogP contribution in [0.4, 0.5) is 5.69 Å². The first-order chi connectivity index (χ1) is 9.11. The maximum absolute atomic E-state index is 6.10. The third-order valence-electron chi connectivity index (χ3n) is 3.48. The molecule has 19 heavy (non-hydrogen) atoms. The van der Waals surface area contributed by atoms with Crippen LogP contribution >= 0.6 is 23.8 Å². The summed E-state index contributed by atoms with van der Waals surface area (Å²) in [7, 11) is 0. The van der Waals surface area contributed by atoms with E-state index in [1.165, 1.54) is 13.0 Å². The minimum atomic E-state index is 0.433. The van der Waals surface area contributed by atoms with Gasteiger partial charge in [-0.2, -0.15) is 0 Å². The van der Waals surface area contributed by atoms with Gasteiger partial charge in [-0.25, -0.2) is 0 Å². The van der Waals surface area contributed by atoms with Crippen LogP contribution in [-0.2, 0) is 0 Å². The van der Waals surface area contributed by atoms with Gasteiger partial charge in [0, 0.05) is 42.5 Å². The third-order valence-corrected chi connectivity index (χ3v) is 3.93. The van der Waals surface area contributed by atoms with Gasteiger partial charge in [-0.3, -0.25) is 4.90 Å². The molecule has 1 aromatic carbocycles. The smallest absolute Gasteiger partial charge is 0.106 e. The molecular formula is C14H20ClN3S. The largest absolute Gasteiger partial charge is 0.389 e. The van der Waals surface area contributed by atoms with Crippen molar-refractivity contribution in [1.82, 2.24) is 4.90 Å². The van der Waals surface area contributed by atoms with Gasteiger partial charge in [-0.1, -0.05) is 30.7 Å². The highest BCUT2D eigenvalue weighted by Gasteiger charge is 2.19. The fourth-order valence-corrected chi connectivity index (χ4v) is 2.84. The predicted octanol–water partition coefficient (Wildman–Crippen LogP) is 2.51. The molecule has 0 aromatic heterocycles. The second-order valence-corrected chi connectivity index (χ2v) is 5.73. The lowest BCUT2D eigenvalue weighted by Gasteiger charge is -2.36. The number of thiocarbonyl (C=S) groups is 1. The molecule has 0 saturated carbocycles. The molecule has 104 valence electrons. The molecule has 0 atom stereocenters. The Kier molecular flexibility index (Phi) is 5.02. The number of rotatable bonds is 4. The number of hydrogen-bond donors (Lipinski definition) is 1. The van der Waals surface area contributed by atoms with Gasteiger partial charge in [0.15, 0.2) is 0 Å². The van der Waals surface area contributed by atoms with Crippen molar-refractivity contribution in [3.8, 4) is 0 Å². The van der Waals surface area contributed by atoms with Crippen molar-refractivity contribution in [1.29, 1.82) is 0 Å². The summed E-state index contributed by atoms with van der Waals surface area (Å²) in [6.07, 6.45) is 1.20. The minimum Gasteiger partial charge on any atom is -0.389 e. The molecule has 1 heterocycles. The van der Waals surface area contributed by atoms with Gasteiger partial charge in [-0.15, -0.1) is 0 Å². The summed E-state index contributed by atoms with van der Waals surface area (Å²) in [5.41, 5.74) is 7.78. The van der Waals surface area contributed by atoms with Crippen LogP contribution in [0.15, 0.2) is 18.2 Å². The van der Waals surface area contributed by atoms with Crippen molar-refractivity contribution in [2.24, 2.45) is 5.73 Å². The monoisotopic (exact) mass is 297 g/mol. The average Bonchev–Trinajstić information content (AvgIpc) is 2.39. The molecule has 0 amide bonds. The van der Waals surface area contributed by atoms with Gasteiger partial charge in [0.25, 0.3) is 0 Å². The van der Waals surface area contributed by atoms with Gasteiger partial charge < -0.3 is 10.6 Å². The van der Waals surface area contributed by atoms with Crippen LogP contribution < -0.4 is 10.6 Å². The van der Waals surface area contributed by atoms with Crippen molar-refractivity contribution in [3.63, 3.8) is 0 Å². The van der Waals surface area contributed by atoms with Crippen LogP contribution in [0, 0.1) is 0 Å². The van der Waals surface area contributed by atoms with E-state index in [4.69, 9.17) is 29.6 Å². The molecular weight excluding hydrogens is 278 g/mol. The van der Waals surface area contributed by atoms with E-state index in [9.17, 15) is 0 Å². The zero-order chi connectivity index (χ0) is 13.8. The quantitative estimate of drug-likeness (QED) is 0.866. The summed E-state index contributed by atoms with van der Waals surface area (Å²) in [6.45, 7) is 7.54. The van der Waals surface area contributed by atoms with Gasteiger partial charge in [0.2, 0.25) is 0 Å². The van der Waals surface area contributed by atoms with Gasteiger partial charge in [0.05, 0.1) is 0 Å². The summed E-state index contributed by atoms with van der Waals surface area (Å²) < 4.78 is 0. The fraction of sp³-hybridized carbons (Fsp3) is 0.500. The number of benzene rings is 1. The SMILES string of the molecule is CCCN1CCN(c2cc(Cl)ccc2C(N)=S)CC1. The highest BCUT2D eigenvalue weighted by atomic mass is 35.5. The molecule has 1 aromatic rings. The molecule has 0 spiro atoms. The number of nitrogens with zero attached hydrogens (tertiary/aromatic N) is 2. The molecule has 0 unspecified atom stereocenters. The van der Waals surface area contributed by atoms with E-state index in [1.54, 1.807) is 0 Å². The van der Waals surface area contributed by atoms with E-state index in [0.29, 0.717) is 4.99 Å². The highest BCUT2D eigenvalue weighted by Crippen LogP contribution is 2.26. The zero-order valence-corrected chi connectivity index (χ0v) is 12.8. The minimum absolute atomic E-state index is 0.433. The zero-order valence-electron chi connectivity index (χ0n) is 11.2. The Bertz CT molecular complexity index is 456. The first-order valence-corrected chi connectivity index (χ1v) is 7.47. The predicted molar refractivity (Wildman–Crippen MR) is 86.3 cm³/mol. The first-order valence-electron chi connectivity index (χ1n) is 6.68. The van der Waals surface area contributed by atoms with E-state index in [1.807, 2.05) is 18.2 Å². The molecule has 2 N–H and O–H groups in total. The Morgan fingerprint density at radius 3 is 2.58 bits per heavy atom. The molecule has 1 saturated heterocycles. The van der Waals surface area contributed by atoms with Gasteiger partial charge in [0.1, 0.15) is 4.99 Å². The van der Waals surface area contributed by atoms with Crippen LogP contribution in [-0.4, -0.2) is 42.6 Å². The van der Waals surface area contributed by atoms with Gasteiger partial charge >= 0.3 is 0 Å². The lowest BCUT2D eigenvalue weighted by atomic mass is 10.1. The lowest BCUT2D eigenvalue weighted by molar-refractivity contribution is 0.258. The maximum atomic E-state index is 6.10. The fourth-order valence-electron chi connectivity index (χ4n) is 2.50.